The number of nitrogens with two attached hydrogens (primary N) is 1. The fourth-order valence-corrected chi connectivity index (χ4v) is 3.17. The minimum Gasteiger partial charge on any atom is -0.398 e. The highest BCUT2D eigenvalue weighted by Crippen LogP contribution is 2.17. The maximum Gasteiger partial charge on any atom is 0.255 e. The van der Waals surface area contributed by atoms with E-state index >= 15 is 0 Å². The highest BCUT2D eigenvalue weighted by molar-refractivity contribution is 6.30. The average Bonchev–Trinajstić information content (AvgIpc) is 2.82. The van der Waals surface area contributed by atoms with Gasteiger partial charge in [-0.25, -0.2) is 0 Å². The van der Waals surface area contributed by atoms with Crippen LogP contribution in [0.2, 0.25) is 5.02 Å². The zero-order valence-corrected chi connectivity index (χ0v) is 14.4. The topological polar surface area (TPSA) is 49.6 Å². The van der Waals surface area contributed by atoms with E-state index in [1.54, 1.807) is 12.1 Å². The van der Waals surface area contributed by atoms with Gasteiger partial charge in [0.1, 0.15) is 0 Å². The Kier molecular flexibility index (Phi) is 5.38. The summed E-state index contributed by atoms with van der Waals surface area (Å²) in [5, 5.41) is 0.756. The molecule has 0 spiro atoms. The summed E-state index contributed by atoms with van der Waals surface area (Å²) in [5.41, 5.74) is 8.33. The number of nitrogen functional groups attached to an aromatic ring is 1. The van der Waals surface area contributed by atoms with Crippen LogP contribution in [0.4, 0.5) is 5.69 Å². The van der Waals surface area contributed by atoms with Gasteiger partial charge in [-0.2, -0.15) is 0 Å². The fourth-order valence-electron chi connectivity index (χ4n) is 3.04. The number of rotatable bonds is 3. The van der Waals surface area contributed by atoms with Gasteiger partial charge in [-0.15, -0.1) is 0 Å². The quantitative estimate of drug-likeness (QED) is 0.870. The van der Waals surface area contributed by atoms with Crippen molar-refractivity contribution in [2.45, 2.75) is 13.0 Å². The van der Waals surface area contributed by atoms with Crippen LogP contribution in [0.15, 0.2) is 48.5 Å². The third-order valence-electron chi connectivity index (χ3n) is 4.39. The highest BCUT2D eigenvalue weighted by atomic mass is 35.5. The van der Waals surface area contributed by atoms with Gasteiger partial charge in [0.05, 0.1) is 5.56 Å². The molecule has 1 aliphatic rings. The summed E-state index contributed by atoms with van der Waals surface area (Å²) in [6.07, 6.45) is 0.964. The largest absolute Gasteiger partial charge is 0.398 e. The number of hydrogen-bond acceptors (Lipinski definition) is 3. The average molecular weight is 344 g/mol. The standard InChI is InChI=1S/C19H22ClN3O/c20-16-8-6-15(7-9-16)14-22-10-3-11-23(13-12-22)19(24)17-4-1-2-5-18(17)21/h1-2,4-9H,3,10-14,21H2. The fraction of sp³-hybridized carbons (Fsp3) is 0.316. The van der Waals surface area contributed by atoms with Crippen LogP contribution < -0.4 is 5.73 Å². The van der Waals surface area contributed by atoms with Crippen LogP contribution in [0.5, 0.6) is 0 Å². The zero-order chi connectivity index (χ0) is 16.9. The van der Waals surface area contributed by atoms with Crippen molar-refractivity contribution in [3.05, 3.63) is 64.7 Å². The Morgan fingerprint density at radius 1 is 1.00 bits per heavy atom. The molecule has 1 amide bonds. The van der Waals surface area contributed by atoms with E-state index in [1.165, 1.54) is 5.56 Å². The SMILES string of the molecule is Nc1ccccc1C(=O)N1CCCN(Cc2ccc(Cl)cc2)CC1. The number of hydrogen-bond donors (Lipinski definition) is 1. The van der Waals surface area contributed by atoms with E-state index in [0.29, 0.717) is 11.3 Å². The summed E-state index contributed by atoms with van der Waals surface area (Å²) >= 11 is 5.94. The van der Waals surface area contributed by atoms with Gasteiger partial charge in [-0.05, 0) is 36.2 Å². The second kappa shape index (κ2) is 7.69. The van der Waals surface area contributed by atoms with Crippen LogP contribution in [0.3, 0.4) is 0 Å². The van der Waals surface area contributed by atoms with Crippen molar-refractivity contribution in [2.24, 2.45) is 0 Å². The second-order valence-electron chi connectivity index (χ2n) is 6.14. The molecular weight excluding hydrogens is 322 g/mol. The molecule has 1 aliphatic heterocycles. The van der Waals surface area contributed by atoms with Crippen LogP contribution in [-0.4, -0.2) is 41.9 Å². The van der Waals surface area contributed by atoms with Crippen LogP contribution in [0, 0.1) is 0 Å². The first-order valence-electron chi connectivity index (χ1n) is 8.24. The normalized spacial score (nSPS) is 16.0. The minimum absolute atomic E-state index is 0.0291. The summed E-state index contributed by atoms with van der Waals surface area (Å²) < 4.78 is 0. The van der Waals surface area contributed by atoms with Crippen LogP contribution in [0.1, 0.15) is 22.3 Å². The molecule has 1 saturated heterocycles. The lowest BCUT2D eigenvalue weighted by atomic mass is 10.1. The number of amides is 1. The highest BCUT2D eigenvalue weighted by Gasteiger charge is 2.21. The molecule has 2 aromatic carbocycles. The van der Waals surface area contributed by atoms with E-state index in [-0.39, 0.29) is 5.91 Å². The lowest BCUT2D eigenvalue weighted by Crippen LogP contribution is -2.35. The number of carbonyl (C=O) groups is 1. The molecule has 5 heteroatoms. The van der Waals surface area contributed by atoms with E-state index in [1.807, 2.05) is 29.2 Å². The zero-order valence-electron chi connectivity index (χ0n) is 13.6. The predicted octanol–water partition coefficient (Wildman–Crippen LogP) is 3.27. The molecule has 126 valence electrons. The molecule has 2 aromatic rings. The molecule has 1 heterocycles. The monoisotopic (exact) mass is 343 g/mol. The lowest BCUT2D eigenvalue weighted by Gasteiger charge is -2.22. The molecule has 0 unspecified atom stereocenters. The molecule has 0 radical (unpaired) electrons. The minimum atomic E-state index is 0.0291. The Hall–Kier alpha value is -2.04. The molecule has 0 bridgehead atoms. The predicted molar refractivity (Wildman–Crippen MR) is 98.1 cm³/mol. The Labute approximate surface area is 147 Å². The van der Waals surface area contributed by atoms with E-state index in [9.17, 15) is 4.79 Å². The molecule has 24 heavy (non-hydrogen) atoms. The molecule has 3 rings (SSSR count). The molecule has 4 nitrogen and oxygen atoms in total. The van der Waals surface area contributed by atoms with E-state index < -0.39 is 0 Å². The molecule has 0 saturated carbocycles. The van der Waals surface area contributed by atoms with Gasteiger partial charge in [0.2, 0.25) is 0 Å². The third-order valence-corrected chi connectivity index (χ3v) is 4.64. The van der Waals surface area contributed by atoms with Crippen molar-refractivity contribution in [3.63, 3.8) is 0 Å². The summed E-state index contributed by atoms with van der Waals surface area (Å²) in [6, 6.07) is 15.2. The molecular formula is C19H22ClN3O. The van der Waals surface area contributed by atoms with E-state index in [2.05, 4.69) is 17.0 Å². The summed E-state index contributed by atoms with van der Waals surface area (Å²) in [6.45, 7) is 4.22. The first-order chi connectivity index (χ1) is 11.6. The van der Waals surface area contributed by atoms with Crippen molar-refractivity contribution in [1.29, 1.82) is 0 Å². The van der Waals surface area contributed by atoms with Gasteiger partial charge >= 0.3 is 0 Å². The molecule has 0 aromatic heterocycles. The number of benzene rings is 2. The lowest BCUT2D eigenvalue weighted by molar-refractivity contribution is 0.0762. The second-order valence-corrected chi connectivity index (χ2v) is 6.57. The van der Waals surface area contributed by atoms with Gasteiger partial charge in [0.25, 0.3) is 5.91 Å². The van der Waals surface area contributed by atoms with Gasteiger partial charge < -0.3 is 10.6 Å². The number of carbonyl (C=O) groups excluding carboxylic acids is 1. The number of halogens is 1. The first-order valence-corrected chi connectivity index (χ1v) is 8.62. The molecule has 2 N–H and O–H groups in total. The summed E-state index contributed by atoms with van der Waals surface area (Å²) in [4.78, 5) is 17.0. The number of nitrogens with zero attached hydrogens (tertiary/aromatic N) is 2. The Balaban J connectivity index is 1.61. The maximum absolute atomic E-state index is 12.7. The Bertz CT molecular complexity index is 702. The maximum atomic E-state index is 12.7. The number of para-hydroxylation sites is 1. The van der Waals surface area contributed by atoms with Crippen LogP contribution in [0.25, 0.3) is 0 Å². The van der Waals surface area contributed by atoms with E-state index in [0.717, 1.165) is 44.2 Å². The summed E-state index contributed by atoms with van der Waals surface area (Å²) in [7, 11) is 0. The van der Waals surface area contributed by atoms with Crippen molar-refractivity contribution < 1.29 is 4.79 Å². The van der Waals surface area contributed by atoms with Gasteiger partial charge in [0, 0.05) is 43.4 Å². The molecule has 0 atom stereocenters. The van der Waals surface area contributed by atoms with Gasteiger partial charge in [-0.1, -0.05) is 35.9 Å². The van der Waals surface area contributed by atoms with Crippen molar-refractivity contribution >= 4 is 23.2 Å². The number of anilines is 1. The third kappa shape index (κ3) is 4.08. The van der Waals surface area contributed by atoms with E-state index in [4.69, 9.17) is 17.3 Å². The molecule has 0 aliphatic carbocycles. The molecule has 1 fully saturated rings. The first kappa shape index (κ1) is 16.8. The van der Waals surface area contributed by atoms with Crippen molar-refractivity contribution in [2.75, 3.05) is 31.9 Å². The van der Waals surface area contributed by atoms with Crippen LogP contribution in [-0.2, 0) is 6.54 Å². The van der Waals surface area contributed by atoms with Gasteiger partial charge in [0.15, 0.2) is 0 Å². The summed E-state index contributed by atoms with van der Waals surface area (Å²) in [5.74, 6) is 0.0291. The van der Waals surface area contributed by atoms with Crippen molar-refractivity contribution in [1.82, 2.24) is 9.80 Å². The smallest absolute Gasteiger partial charge is 0.255 e. The van der Waals surface area contributed by atoms with Crippen LogP contribution >= 0.6 is 11.6 Å². The Morgan fingerprint density at radius 2 is 1.75 bits per heavy atom. The van der Waals surface area contributed by atoms with Crippen molar-refractivity contribution in [3.8, 4) is 0 Å². The van der Waals surface area contributed by atoms with Gasteiger partial charge in [-0.3, -0.25) is 9.69 Å². The Morgan fingerprint density at radius 3 is 2.50 bits per heavy atom.